The molecule has 0 aromatic heterocycles. The van der Waals surface area contributed by atoms with Crippen molar-refractivity contribution in [2.24, 2.45) is 0 Å². The van der Waals surface area contributed by atoms with Crippen molar-refractivity contribution in [3.63, 3.8) is 0 Å². The molecule has 4 heteroatoms. The number of aromatic hydroxyl groups is 1. The van der Waals surface area contributed by atoms with Gasteiger partial charge in [0.25, 0.3) is 0 Å². The minimum Gasteiger partial charge on any atom is -0.508 e. The lowest BCUT2D eigenvalue weighted by Gasteiger charge is -2.26. The molecular weight excluding hydrogens is 456 g/mol. The lowest BCUT2D eigenvalue weighted by Crippen LogP contribution is -2.33. The fraction of sp³-hybridized carbons (Fsp3) is 0.242. The molecule has 1 saturated heterocycles. The van der Waals surface area contributed by atoms with Crippen molar-refractivity contribution in [1.82, 2.24) is 4.90 Å². The van der Waals surface area contributed by atoms with Gasteiger partial charge in [0.05, 0.1) is 11.6 Å². The molecule has 0 amide bonds. The lowest BCUT2D eigenvalue weighted by molar-refractivity contribution is 0.183. The van der Waals surface area contributed by atoms with E-state index >= 15 is 0 Å². The number of likely N-dealkylation sites (tertiary alicyclic amines) is 1. The molecule has 1 aliphatic heterocycles. The average molecular weight is 491 g/mol. The van der Waals surface area contributed by atoms with E-state index in [1.165, 1.54) is 37.9 Å². The maximum Gasteiger partial charge on any atom is 0.119 e. The molecule has 4 aromatic rings. The molecule has 1 aliphatic rings. The van der Waals surface area contributed by atoms with E-state index in [0.717, 1.165) is 46.4 Å². The highest BCUT2D eigenvalue weighted by molar-refractivity contribution is 5.97. The summed E-state index contributed by atoms with van der Waals surface area (Å²) in [6, 6.07) is 27.2. The molecular formula is C33H34N2O2. The smallest absolute Gasteiger partial charge is 0.119 e. The highest BCUT2D eigenvalue weighted by atomic mass is 16.5. The Morgan fingerprint density at radius 3 is 2.49 bits per heavy atom. The highest BCUT2D eigenvalue weighted by Gasteiger charge is 2.10. The lowest BCUT2D eigenvalue weighted by atomic mass is 9.93. The third-order valence-corrected chi connectivity index (χ3v) is 6.70. The molecule has 0 unspecified atom stereocenters. The number of nitrogens with zero attached hydrogens (tertiary/aromatic N) is 2. The number of phenolic OH excluding ortho intramolecular Hbond substituents is 1. The average Bonchev–Trinajstić information content (AvgIpc) is 2.94. The van der Waals surface area contributed by atoms with E-state index in [1.807, 2.05) is 54.6 Å². The van der Waals surface area contributed by atoms with Crippen molar-refractivity contribution < 1.29 is 9.84 Å². The fourth-order valence-corrected chi connectivity index (χ4v) is 4.68. The van der Waals surface area contributed by atoms with Crippen LogP contribution in [0.5, 0.6) is 11.5 Å². The minimum atomic E-state index is 0.247. The van der Waals surface area contributed by atoms with Crippen LogP contribution in [0.1, 0.15) is 36.0 Å². The summed E-state index contributed by atoms with van der Waals surface area (Å²) in [5.41, 5.74) is 4.93. The standard InChI is InChI=1S/C19H13NO.C14H21NO/c1-2-17-18(14-5-3-4-13(10-14)12-20)8-6-15-11-16(21)7-9-19(15)17;1-13-5-7-14(8-6-13)16-12-11-15-9-3-2-4-10-15/h2-11,21H,1H2;5-8H,2-4,9-12H2,1H3. The Balaban J connectivity index is 0.000000180. The molecule has 4 aromatic carbocycles. The van der Waals surface area contributed by atoms with Crippen LogP contribution in [-0.2, 0) is 0 Å². The normalized spacial score (nSPS) is 13.3. The molecule has 188 valence electrons. The van der Waals surface area contributed by atoms with E-state index in [2.05, 4.69) is 36.6 Å². The van der Waals surface area contributed by atoms with Crippen molar-refractivity contribution in [3.8, 4) is 28.7 Å². The number of piperidine rings is 1. The Labute approximate surface area is 220 Å². The highest BCUT2D eigenvalue weighted by Crippen LogP contribution is 2.33. The number of ether oxygens (including phenoxy) is 1. The SMILES string of the molecule is C=Cc1c(-c2cccc(C#N)c2)ccc2cc(O)ccc12.Cc1ccc(OCCN2CCCCC2)cc1. The van der Waals surface area contributed by atoms with Crippen molar-refractivity contribution in [1.29, 1.82) is 5.26 Å². The van der Waals surface area contributed by atoms with Crippen LogP contribution in [0.2, 0.25) is 0 Å². The molecule has 5 rings (SSSR count). The fourth-order valence-electron chi connectivity index (χ4n) is 4.68. The third kappa shape index (κ3) is 7.00. The number of phenols is 1. The quantitative estimate of drug-likeness (QED) is 0.303. The Kier molecular flexibility index (Phi) is 8.97. The largest absolute Gasteiger partial charge is 0.508 e. The van der Waals surface area contributed by atoms with E-state index in [9.17, 15) is 5.11 Å². The van der Waals surface area contributed by atoms with Crippen LogP contribution < -0.4 is 4.74 Å². The Morgan fingerprint density at radius 2 is 1.76 bits per heavy atom. The van der Waals surface area contributed by atoms with Crippen LogP contribution in [-0.4, -0.2) is 36.2 Å². The molecule has 0 spiro atoms. The molecule has 0 saturated carbocycles. The summed E-state index contributed by atoms with van der Waals surface area (Å²) in [4.78, 5) is 2.50. The molecule has 0 atom stereocenters. The first-order chi connectivity index (χ1) is 18.1. The van der Waals surface area contributed by atoms with Crippen LogP contribution in [0.15, 0.2) is 85.4 Å². The summed E-state index contributed by atoms with van der Waals surface area (Å²) in [6.45, 7) is 10.4. The number of fused-ring (bicyclic) bond motifs is 1. The maximum absolute atomic E-state index is 9.59. The summed E-state index contributed by atoms with van der Waals surface area (Å²) in [6.07, 6.45) is 5.91. The van der Waals surface area contributed by atoms with E-state index in [1.54, 1.807) is 18.2 Å². The first-order valence-corrected chi connectivity index (χ1v) is 12.9. The molecule has 0 radical (unpaired) electrons. The van der Waals surface area contributed by atoms with Crippen molar-refractivity contribution >= 4 is 16.8 Å². The van der Waals surface area contributed by atoms with Gasteiger partial charge in [-0.05, 0) is 96.7 Å². The van der Waals surface area contributed by atoms with E-state index in [4.69, 9.17) is 10.00 Å². The van der Waals surface area contributed by atoms with Gasteiger partial charge in [0.1, 0.15) is 18.1 Å². The topological polar surface area (TPSA) is 56.5 Å². The molecule has 37 heavy (non-hydrogen) atoms. The molecule has 1 N–H and O–H groups in total. The van der Waals surface area contributed by atoms with Crippen LogP contribution in [0.3, 0.4) is 0 Å². The minimum absolute atomic E-state index is 0.247. The Bertz CT molecular complexity index is 1380. The first kappa shape index (κ1) is 26.0. The molecule has 1 fully saturated rings. The van der Waals surface area contributed by atoms with Gasteiger partial charge in [-0.3, -0.25) is 4.90 Å². The number of aryl methyl sites for hydroxylation is 1. The number of nitriles is 1. The van der Waals surface area contributed by atoms with Crippen LogP contribution in [0.25, 0.3) is 28.0 Å². The second-order valence-electron chi connectivity index (χ2n) is 9.39. The summed E-state index contributed by atoms with van der Waals surface area (Å²) in [5.74, 6) is 1.24. The molecule has 4 nitrogen and oxygen atoms in total. The van der Waals surface area contributed by atoms with E-state index in [-0.39, 0.29) is 5.75 Å². The van der Waals surface area contributed by atoms with Crippen molar-refractivity contribution in [2.45, 2.75) is 26.2 Å². The van der Waals surface area contributed by atoms with Crippen LogP contribution in [0.4, 0.5) is 0 Å². The number of hydrogen-bond acceptors (Lipinski definition) is 4. The number of rotatable bonds is 6. The zero-order valence-corrected chi connectivity index (χ0v) is 21.5. The zero-order chi connectivity index (χ0) is 26.0. The third-order valence-electron chi connectivity index (χ3n) is 6.70. The zero-order valence-electron chi connectivity index (χ0n) is 21.5. The maximum atomic E-state index is 9.59. The molecule has 1 heterocycles. The van der Waals surface area contributed by atoms with Crippen LogP contribution in [0, 0.1) is 18.3 Å². The van der Waals surface area contributed by atoms with Crippen LogP contribution >= 0.6 is 0 Å². The molecule has 0 aliphatic carbocycles. The molecule has 0 bridgehead atoms. The van der Waals surface area contributed by atoms with Gasteiger partial charge in [-0.2, -0.15) is 5.26 Å². The number of hydrogen-bond donors (Lipinski definition) is 1. The summed E-state index contributed by atoms with van der Waals surface area (Å²) in [5, 5.41) is 20.6. The summed E-state index contributed by atoms with van der Waals surface area (Å²) >= 11 is 0. The second kappa shape index (κ2) is 12.8. The van der Waals surface area contributed by atoms with Gasteiger partial charge in [0.2, 0.25) is 0 Å². The van der Waals surface area contributed by atoms with Gasteiger partial charge >= 0.3 is 0 Å². The van der Waals surface area contributed by atoms with Crippen molar-refractivity contribution in [3.05, 3.63) is 102 Å². The van der Waals surface area contributed by atoms with Gasteiger partial charge in [-0.25, -0.2) is 0 Å². The van der Waals surface area contributed by atoms with Crippen molar-refractivity contribution in [2.75, 3.05) is 26.2 Å². The van der Waals surface area contributed by atoms with Gasteiger partial charge in [0, 0.05) is 6.54 Å². The van der Waals surface area contributed by atoms with Gasteiger partial charge in [0.15, 0.2) is 0 Å². The Hall–Kier alpha value is -4.07. The second-order valence-corrected chi connectivity index (χ2v) is 9.39. The van der Waals surface area contributed by atoms with E-state index < -0.39 is 0 Å². The monoisotopic (exact) mass is 490 g/mol. The first-order valence-electron chi connectivity index (χ1n) is 12.9. The van der Waals surface area contributed by atoms with E-state index in [0.29, 0.717) is 5.56 Å². The Morgan fingerprint density at radius 1 is 0.973 bits per heavy atom. The summed E-state index contributed by atoms with van der Waals surface area (Å²) in [7, 11) is 0. The predicted octanol–water partition coefficient (Wildman–Crippen LogP) is 7.59. The van der Waals surface area contributed by atoms with Gasteiger partial charge < -0.3 is 9.84 Å². The number of benzene rings is 4. The summed E-state index contributed by atoms with van der Waals surface area (Å²) < 4.78 is 5.72. The van der Waals surface area contributed by atoms with Gasteiger partial charge in [-0.1, -0.05) is 67.1 Å². The van der Waals surface area contributed by atoms with Gasteiger partial charge in [-0.15, -0.1) is 0 Å². The predicted molar refractivity (Wildman–Crippen MR) is 153 cm³/mol.